The molecular weight excluding hydrogens is 302 g/mol. The summed E-state index contributed by atoms with van der Waals surface area (Å²) in [7, 11) is 0. The minimum atomic E-state index is 0.117. The normalized spacial score (nSPS) is 16.1. The molecule has 0 aliphatic carbocycles. The molecule has 7 heteroatoms. The van der Waals surface area contributed by atoms with Gasteiger partial charge in [-0.05, 0) is 30.2 Å². The van der Waals surface area contributed by atoms with Crippen molar-refractivity contribution in [2.45, 2.75) is 25.7 Å². The Bertz CT molecular complexity index is 603. The van der Waals surface area contributed by atoms with Crippen LogP contribution in [-0.4, -0.2) is 45.8 Å². The van der Waals surface area contributed by atoms with Crippen LogP contribution in [0.15, 0.2) is 21.3 Å². The number of nitrogens with zero attached hydrogens (tertiary/aromatic N) is 3. The van der Waals surface area contributed by atoms with E-state index in [2.05, 4.69) is 10.1 Å². The molecular formula is C15H19N3O3S. The average molecular weight is 321 g/mol. The van der Waals surface area contributed by atoms with Crippen molar-refractivity contribution in [1.29, 1.82) is 0 Å². The highest BCUT2D eigenvalue weighted by molar-refractivity contribution is 7.08. The van der Waals surface area contributed by atoms with Gasteiger partial charge in [-0.2, -0.15) is 16.3 Å². The number of amides is 1. The van der Waals surface area contributed by atoms with Crippen LogP contribution in [0.2, 0.25) is 0 Å². The summed E-state index contributed by atoms with van der Waals surface area (Å²) in [5.74, 6) is 1.53. The fraction of sp³-hybridized carbons (Fsp3) is 0.533. The molecule has 0 spiro atoms. The van der Waals surface area contributed by atoms with Gasteiger partial charge in [-0.15, -0.1) is 0 Å². The van der Waals surface area contributed by atoms with Crippen LogP contribution < -0.4 is 0 Å². The minimum absolute atomic E-state index is 0.117. The molecule has 0 saturated carbocycles. The Morgan fingerprint density at radius 1 is 1.45 bits per heavy atom. The fourth-order valence-electron chi connectivity index (χ4n) is 2.60. The van der Waals surface area contributed by atoms with Crippen LogP contribution in [0.3, 0.4) is 0 Å². The number of carbonyl (C=O) groups excluding carboxylic acids is 1. The first-order valence-corrected chi connectivity index (χ1v) is 8.44. The Labute approximate surface area is 132 Å². The van der Waals surface area contributed by atoms with Crippen LogP contribution in [0.5, 0.6) is 0 Å². The van der Waals surface area contributed by atoms with E-state index in [-0.39, 0.29) is 12.5 Å². The van der Waals surface area contributed by atoms with E-state index in [4.69, 9.17) is 9.63 Å². The van der Waals surface area contributed by atoms with Gasteiger partial charge in [0, 0.05) is 43.5 Å². The summed E-state index contributed by atoms with van der Waals surface area (Å²) in [6.07, 6.45) is 2.61. The monoisotopic (exact) mass is 321 g/mol. The van der Waals surface area contributed by atoms with Gasteiger partial charge in [-0.3, -0.25) is 4.79 Å². The molecule has 1 fully saturated rings. The number of aliphatic hydroxyl groups excluding tert-OH is 1. The number of hydrogen-bond donors (Lipinski definition) is 1. The summed E-state index contributed by atoms with van der Waals surface area (Å²) in [5, 5.41) is 17.0. The van der Waals surface area contributed by atoms with Crippen molar-refractivity contribution in [1.82, 2.24) is 15.0 Å². The second kappa shape index (κ2) is 7.02. The number of aromatic nitrogens is 2. The van der Waals surface area contributed by atoms with E-state index in [0.717, 1.165) is 31.5 Å². The van der Waals surface area contributed by atoms with E-state index in [1.54, 1.807) is 11.3 Å². The molecule has 1 N–H and O–H groups in total. The largest absolute Gasteiger partial charge is 0.396 e. The summed E-state index contributed by atoms with van der Waals surface area (Å²) >= 11 is 1.58. The van der Waals surface area contributed by atoms with Gasteiger partial charge in [-0.25, -0.2) is 0 Å². The van der Waals surface area contributed by atoms with Crippen LogP contribution in [-0.2, 0) is 11.2 Å². The Morgan fingerprint density at radius 2 is 2.27 bits per heavy atom. The summed E-state index contributed by atoms with van der Waals surface area (Å²) in [6.45, 7) is 1.68. The van der Waals surface area contributed by atoms with E-state index >= 15 is 0 Å². The lowest BCUT2D eigenvalue weighted by molar-refractivity contribution is -0.132. The molecule has 118 valence electrons. The molecule has 0 aromatic carbocycles. The first kappa shape index (κ1) is 15.2. The third-order valence-corrected chi connectivity index (χ3v) is 4.71. The topological polar surface area (TPSA) is 79.5 Å². The third kappa shape index (κ3) is 3.53. The first-order valence-electron chi connectivity index (χ1n) is 7.50. The highest BCUT2D eigenvalue weighted by Crippen LogP contribution is 2.20. The maximum absolute atomic E-state index is 12.2. The van der Waals surface area contributed by atoms with Gasteiger partial charge in [0.1, 0.15) is 0 Å². The van der Waals surface area contributed by atoms with Gasteiger partial charge in [0.05, 0.1) is 0 Å². The smallest absolute Gasteiger partial charge is 0.227 e. The first-order chi connectivity index (χ1) is 10.8. The number of aryl methyl sites for hydroxylation is 1. The molecule has 1 saturated heterocycles. The zero-order valence-electron chi connectivity index (χ0n) is 12.3. The van der Waals surface area contributed by atoms with Crippen LogP contribution in [0.1, 0.15) is 25.2 Å². The lowest BCUT2D eigenvalue weighted by Crippen LogP contribution is -2.39. The van der Waals surface area contributed by atoms with E-state index in [9.17, 15) is 4.79 Å². The number of hydrogen-bond acceptors (Lipinski definition) is 6. The standard InChI is InChI=1S/C15H19N3O3S/c19-9-11-3-6-18(7-4-11)14(20)2-1-13-16-15(17-21-13)12-5-8-22-10-12/h5,8,10-11,19H,1-4,6-7,9H2. The van der Waals surface area contributed by atoms with Crippen molar-refractivity contribution in [2.75, 3.05) is 19.7 Å². The number of aliphatic hydroxyl groups is 1. The van der Waals surface area contributed by atoms with Crippen LogP contribution in [0, 0.1) is 5.92 Å². The van der Waals surface area contributed by atoms with Gasteiger partial charge in [0.25, 0.3) is 0 Å². The summed E-state index contributed by atoms with van der Waals surface area (Å²) in [4.78, 5) is 18.4. The predicted octanol–water partition coefficient (Wildman–Crippen LogP) is 1.96. The fourth-order valence-corrected chi connectivity index (χ4v) is 3.24. The van der Waals surface area contributed by atoms with Gasteiger partial charge in [0.15, 0.2) is 0 Å². The molecule has 1 aliphatic rings. The van der Waals surface area contributed by atoms with Gasteiger partial charge >= 0.3 is 0 Å². The Kier molecular flexibility index (Phi) is 4.84. The van der Waals surface area contributed by atoms with Crippen molar-refractivity contribution in [3.8, 4) is 11.4 Å². The zero-order chi connectivity index (χ0) is 15.4. The second-order valence-corrected chi connectivity index (χ2v) is 6.31. The summed E-state index contributed by atoms with van der Waals surface area (Å²) < 4.78 is 5.20. The van der Waals surface area contributed by atoms with Crippen molar-refractivity contribution >= 4 is 17.2 Å². The van der Waals surface area contributed by atoms with Gasteiger partial charge < -0.3 is 14.5 Å². The number of likely N-dealkylation sites (tertiary alicyclic amines) is 1. The molecule has 2 aromatic rings. The van der Waals surface area contributed by atoms with Crippen LogP contribution in [0.25, 0.3) is 11.4 Å². The number of rotatable bonds is 5. The summed E-state index contributed by atoms with van der Waals surface area (Å²) in [5.41, 5.74) is 0.942. The van der Waals surface area contributed by atoms with Crippen molar-refractivity contribution in [3.63, 3.8) is 0 Å². The molecule has 22 heavy (non-hydrogen) atoms. The van der Waals surface area contributed by atoms with E-state index in [0.29, 0.717) is 30.5 Å². The molecule has 1 aliphatic heterocycles. The van der Waals surface area contributed by atoms with E-state index in [1.807, 2.05) is 21.7 Å². The molecule has 3 rings (SSSR count). The highest BCUT2D eigenvalue weighted by atomic mass is 32.1. The quantitative estimate of drug-likeness (QED) is 0.910. The van der Waals surface area contributed by atoms with Gasteiger partial charge in [0.2, 0.25) is 17.6 Å². The molecule has 0 bridgehead atoms. The Hall–Kier alpha value is -1.73. The Balaban J connectivity index is 1.49. The molecule has 3 heterocycles. The van der Waals surface area contributed by atoms with Crippen LogP contribution in [0.4, 0.5) is 0 Å². The summed E-state index contributed by atoms with van der Waals surface area (Å²) in [6, 6.07) is 1.94. The SMILES string of the molecule is O=C(CCc1nc(-c2ccsc2)no1)N1CCC(CO)CC1. The highest BCUT2D eigenvalue weighted by Gasteiger charge is 2.22. The van der Waals surface area contributed by atoms with E-state index < -0.39 is 0 Å². The zero-order valence-corrected chi connectivity index (χ0v) is 13.1. The number of carbonyl (C=O) groups is 1. The predicted molar refractivity (Wildman–Crippen MR) is 82.3 cm³/mol. The molecule has 1 amide bonds. The maximum atomic E-state index is 12.2. The number of piperidine rings is 1. The third-order valence-electron chi connectivity index (χ3n) is 4.03. The van der Waals surface area contributed by atoms with Crippen molar-refractivity contribution < 1.29 is 14.4 Å². The van der Waals surface area contributed by atoms with E-state index in [1.165, 1.54) is 0 Å². The van der Waals surface area contributed by atoms with Crippen molar-refractivity contribution in [3.05, 3.63) is 22.7 Å². The minimum Gasteiger partial charge on any atom is -0.396 e. The number of thiophene rings is 1. The second-order valence-electron chi connectivity index (χ2n) is 5.53. The molecule has 2 aromatic heterocycles. The average Bonchev–Trinajstić information content (AvgIpc) is 3.23. The molecule has 0 unspecified atom stereocenters. The molecule has 6 nitrogen and oxygen atoms in total. The maximum Gasteiger partial charge on any atom is 0.227 e. The van der Waals surface area contributed by atoms with Crippen molar-refractivity contribution in [2.24, 2.45) is 5.92 Å². The lowest BCUT2D eigenvalue weighted by Gasteiger charge is -2.31. The molecule has 0 radical (unpaired) electrons. The Morgan fingerprint density at radius 3 is 2.95 bits per heavy atom. The lowest BCUT2D eigenvalue weighted by atomic mass is 9.97. The van der Waals surface area contributed by atoms with Gasteiger partial charge in [-0.1, -0.05) is 5.16 Å². The molecule has 0 atom stereocenters. The van der Waals surface area contributed by atoms with Crippen LogP contribution >= 0.6 is 11.3 Å².